The van der Waals surface area contributed by atoms with Gasteiger partial charge in [0.2, 0.25) is 0 Å². The van der Waals surface area contributed by atoms with Gasteiger partial charge in [-0.05, 0) is 12.3 Å². The molecule has 4 aliphatic rings. The second-order valence-corrected chi connectivity index (χ2v) is 6.99. The summed E-state index contributed by atoms with van der Waals surface area (Å²) in [6.07, 6.45) is 2.57. The Balaban J connectivity index is 1.82. The average molecular weight is 350 g/mol. The molecule has 8 heteroatoms. The summed E-state index contributed by atoms with van der Waals surface area (Å²) in [6.45, 7) is 3.04. The summed E-state index contributed by atoms with van der Waals surface area (Å²) in [5.41, 5.74) is -0.0619. The number of amides is 1. The van der Waals surface area contributed by atoms with Gasteiger partial charge in [-0.1, -0.05) is 13.0 Å². The molecule has 4 atom stereocenters. The van der Waals surface area contributed by atoms with Gasteiger partial charge in [-0.3, -0.25) is 4.79 Å². The molecule has 4 heterocycles. The van der Waals surface area contributed by atoms with Crippen LogP contribution in [-0.2, 0) is 14.3 Å². The SMILES string of the molecule is C[C@H]1COC2=C(N3CCC(O)C3)C(F)=CN3C(=O)C(C(=O)O)=CC1C23. The standard InChI is InChI=1S/C17H19FN2O5/c1-8-7-25-15-13-10(8)4-11(17(23)24)16(22)20(13)6-12(18)14(15)19-3-2-9(21)5-19/h4,6,8-10,13,21H,2-3,5,7H2,1H3,(H,23,24)/t8-,9?,10?,13?/m0/s1. The second kappa shape index (κ2) is 5.59. The summed E-state index contributed by atoms with van der Waals surface area (Å²) in [7, 11) is 0. The number of ether oxygens (including phenoxy) is 1. The monoisotopic (exact) mass is 350 g/mol. The number of aliphatic carboxylic acids is 1. The number of aliphatic hydroxyl groups excluding tert-OH is 1. The summed E-state index contributed by atoms with van der Waals surface area (Å²) >= 11 is 0. The Hall–Kier alpha value is -2.35. The van der Waals surface area contributed by atoms with Crippen LogP contribution in [0, 0.1) is 11.8 Å². The van der Waals surface area contributed by atoms with Crippen molar-refractivity contribution >= 4 is 11.9 Å². The molecule has 0 spiro atoms. The van der Waals surface area contributed by atoms with Crippen LogP contribution in [0.5, 0.6) is 0 Å². The molecule has 0 aromatic heterocycles. The Kier molecular flexibility index (Phi) is 3.61. The van der Waals surface area contributed by atoms with Crippen LogP contribution < -0.4 is 0 Å². The molecule has 0 aromatic rings. The Morgan fingerprint density at radius 2 is 2.20 bits per heavy atom. The van der Waals surface area contributed by atoms with Crippen LogP contribution in [0.3, 0.4) is 0 Å². The smallest absolute Gasteiger partial charge is 0.341 e. The largest absolute Gasteiger partial charge is 0.493 e. The van der Waals surface area contributed by atoms with Crippen LogP contribution in [0.15, 0.2) is 35.1 Å². The Morgan fingerprint density at radius 1 is 1.44 bits per heavy atom. The van der Waals surface area contributed by atoms with Crippen LogP contribution in [0.2, 0.25) is 0 Å². The van der Waals surface area contributed by atoms with Crippen molar-refractivity contribution in [1.82, 2.24) is 9.80 Å². The Bertz CT molecular complexity index is 743. The number of carbonyl (C=O) groups excluding carboxylic acids is 1. The molecule has 2 N–H and O–H groups in total. The Labute approximate surface area is 143 Å². The van der Waals surface area contributed by atoms with Gasteiger partial charge in [0.05, 0.1) is 12.7 Å². The number of likely N-dealkylation sites (tertiary alicyclic amines) is 1. The summed E-state index contributed by atoms with van der Waals surface area (Å²) in [5, 5.41) is 19.1. The van der Waals surface area contributed by atoms with Crippen molar-refractivity contribution in [2.75, 3.05) is 19.7 Å². The zero-order chi connectivity index (χ0) is 17.9. The number of hydrogen-bond donors (Lipinski definition) is 2. The van der Waals surface area contributed by atoms with Crippen molar-refractivity contribution < 1.29 is 28.9 Å². The van der Waals surface area contributed by atoms with Crippen LogP contribution in [0.1, 0.15) is 13.3 Å². The normalized spacial score (nSPS) is 34.4. The summed E-state index contributed by atoms with van der Waals surface area (Å²) < 4.78 is 20.6. The van der Waals surface area contributed by atoms with E-state index in [1.54, 1.807) is 4.90 Å². The molecule has 0 aromatic carbocycles. The molecule has 4 rings (SSSR count). The predicted molar refractivity (Wildman–Crippen MR) is 83.4 cm³/mol. The van der Waals surface area contributed by atoms with Gasteiger partial charge in [0.1, 0.15) is 23.1 Å². The molecule has 134 valence electrons. The summed E-state index contributed by atoms with van der Waals surface area (Å²) in [4.78, 5) is 26.8. The van der Waals surface area contributed by atoms with E-state index in [2.05, 4.69) is 0 Å². The minimum atomic E-state index is -1.31. The quantitative estimate of drug-likeness (QED) is 0.709. The first-order chi connectivity index (χ1) is 11.9. The van der Waals surface area contributed by atoms with Gasteiger partial charge in [-0.25, -0.2) is 9.18 Å². The van der Waals surface area contributed by atoms with Crippen molar-refractivity contribution in [1.29, 1.82) is 0 Å². The van der Waals surface area contributed by atoms with E-state index < -0.39 is 29.8 Å². The number of carboxylic acid groups (broad SMARTS) is 1. The van der Waals surface area contributed by atoms with E-state index in [9.17, 15) is 24.2 Å². The molecule has 2 fully saturated rings. The predicted octanol–water partition coefficient (Wildman–Crippen LogP) is 0.593. The van der Waals surface area contributed by atoms with Gasteiger partial charge in [0.25, 0.3) is 5.91 Å². The van der Waals surface area contributed by atoms with E-state index in [-0.39, 0.29) is 23.1 Å². The van der Waals surface area contributed by atoms with E-state index >= 15 is 0 Å². The van der Waals surface area contributed by atoms with E-state index in [4.69, 9.17) is 4.74 Å². The van der Waals surface area contributed by atoms with Crippen molar-refractivity contribution in [3.8, 4) is 0 Å². The Morgan fingerprint density at radius 3 is 2.84 bits per heavy atom. The van der Waals surface area contributed by atoms with Crippen LogP contribution in [0.4, 0.5) is 4.39 Å². The summed E-state index contributed by atoms with van der Waals surface area (Å²) in [6, 6.07) is -0.549. The highest BCUT2D eigenvalue weighted by Crippen LogP contribution is 2.44. The first kappa shape index (κ1) is 16.1. The van der Waals surface area contributed by atoms with Gasteiger partial charge < -0.3 is 24.7 Å². The van der Waals surface area contributed by atoms with Crippen molar-refractivity contribution in [2.24, 2.45) is 11.8 Å². The molecular weight excluding hydrogens is 331 g/mol. The zero-order valence-electron chi connectivity index (χ0n) is 13.7. The third kappa shape index (κ3) is 2.35. The van der Waals surface area contributed by atoms with Crippen molar-refractivity contribution in [2.45, 2.75) is 25.5 Å². The van der Waals surface area contributed by atoms with Crippen molar-refractivity contribution in [3.05, 3.63) is 35.1 Å². The molecule has 2 saturated heterocycles. The van der Waals surface area contributed by atoms with Crippen LogP contribution >= 0.6 is 0 Å². The minimum Gasteiger partial charge on any atom is -0.493 e. The van der Waals surface area contributed by atoms with E-state index in [0.29, 0.717) is 31.9 Å². The third-order valence-corrected chi connectivity index (χ3v) is 5.34. The molecule has 0 bridgehead atoms. The topological polar surface area (TPSA) is 90.3 Å². The number of aliphatic hydroxyl groups is 1. The lowest BCUT2D eigenvalue weighted by atomic mass is 9.78. The number of rotatable bonds is 2. The van der Waals surface area contributed by atoms with Gasteiger partial charge in [-0.15, -0.1) is 0 Å². The lowest BCUT2D eigenvalue weighted by molar-refractivity contribution is -0.139. The lowest BCUT2D eigenvalue weighted by Crippen LogP contribution is -2.54. The highest BCUT2D eigenvalue weighted by Gasteiger charge is 2.50. The maximum Gasteiger partial charge on any atom is 0.341 e. The van der Waals surface area contributed by atoms with Crippen LogP contribution in [-0.4, -0.2) is 63.7 Å². The molecule has 1 amide bonds. The molecule has 0 aliphatic carbocycles. The van der Waals surface area contributed by atoms with Crippen LogP contribution in [0.25, 0.3) is 0 Å². The maximum atomic E-state index is 14.8. The highest BCUT2D eigenvalue weighted by molar-refractivity contribution is 6.16. The first-order valence-electron chi connectivity index (χ1n) is 8.34. The van der Waals surface area contributed by atoms with E-state index in [0.717, 1.165) is 11.1 Å². The van der Waals surface area contributed by atoms with E-state index in [1.807, 2.05) is 6.92 Å². The molecule has 0 saturated carbocycles. The second-order valence-electron chi connectivity index (χ2n) is 6.99. The average Bonchev–Trinajstić information content (AvgIpc) is 2.98. The maximum absolute atomic E-state index is 14.8. The fourth-order valence-electron chi connectivity index (χ4n) is 4.06. The lowest BCUT2D eigenvalue weighted by Gasteiger charge is -2.47. The molecule has 25 heavy (non-hydrogen) atoms. The molecule has 4 aliphatic heterocycles. The molecule has 0 radical (unpaired) electrons. The molecule has 3 unspecified atom stereocenters. The number of carbonyl (C=O) groups is 2. The summed E-state index contributed by atoms with van der Waals surface area (Å²) in [5.74, 6) is -2.62. The van der Waals surface area contributed by atoms with Gasteiger partial charge in [0, 0.05) is 25.2 Å². The highest BCUT2D eigenvalue weighted by atomic mass is 19.1. The third-order valence-electron chi connectivity index (χ3n) is 5.34. The minimum absolute atomic E-state index is 0.0151. The number of β-amino-alcohol motifs (C(OH)–C–C–N with tert-alkyl or cyclic N) is 1. The zero-order valence-corrected chi connectivity index (χ0v) is 13.7. The fourth-order valence-corrected chi connectivity index (χ4v) is 4.06. The fraction of sp³-hybridized carbons (Fsp3) is 0.529. The number of allylic oxidation sites excluding steroid dienone is 1. The number of carboxylic acids is 1. The number of halogens is 1. The number of nitrogens with zero attached hydrogens (tertiary/aromatic N) is 2. The molecule has 7 nitrogen and oxygen atoms in total. The van der Waals surface area contributed by atoms with E-state index in [1.165, 1.54) is 6.08 Å². The van der Waals surface area contributed by atoms with Gasteiger partial charge >= 0.3 is 5.97 Å². The first-order valence-corrected chi connectivity index (χ1v) is 8.34. The van der Waals surface area contributed by atoms with Gasteiger partial charge in [0.15, 0.2) is 5.83 Å². The molecular formula is C17H19FN2O5. The number of hydrogen-bond acceptors (Lipinski definition) is 5. The van der Waals surface area contributed by atoms with Crippen molar-refractivity contribution in [3.63, 3.8) is 0 Å². The van der Waals surface area contributed by atoms with Gasteiger partial charge in [-0.2, -0.15) is 0 Å².